The number of hydrogen-bond donors (Lipinski definition) is 0. The summed E-state index contributed by atoms with van der Waals surface area (Å²) < 4.78 is 17.0. The molecule has 0 unspecified atom stereocenters. The molecule has 1 aliphatic carbocycles. The van der Waals surface area contributed by atoms with Crippen LogP contribution in [-0.4, -0.2) is 42.9 Å². The summed E-state index contributed by atoms with van der Waals surface area (Å²) in [7, 11) is 1.63. The molecule has 6 heteroatoms. The highest BCUT2D eigenvalue weighted by Gasteiger charge is 2.39. The minimum atomic E-state index is -0.636. The van der Waals surface area contributed by atoms with Crippen LogP contribution in [0.4, 0.5) is 4.79 Å². The van der Waals surface area contributed by atoms with Crippen LogP contribution in [-0.2, 0) is 10.2 Å². The highest BCUT2D eigenvalue weighted by Crippen LogP contribution is 2.40. The number of piperidine rings is 1. The number of carbonyl (C=O) groups is 1. The Kier molecular flexibility index (Phi) is 5.74. The van der Waals surface area contributed by atoms with Crippen LogP contribution in [0.3, 0.4) is 0 Å². The number of hydrogen-bond acceptors (Lipinski definition) is 5. The molecular formula is C22H30N2O4. The van der Waals surface area contributed by atoms with Gasteiger partial charge in [0.25, 0.3) is 0 Å². The number of benzene rings is 1. The zero-order chi connectivity index (χ0) is 20.4. The molecule has 2 fully saturated rings. The lowest BCUT2D eigenvalue weighted by molar-refractivity contribution is 0.0185. The number of likely N-dealkylation sites (tertiary alicyclic amines) is 1. The van der Waals surface area contributed by atoms with Gasteiger partial charge in [0.1, 0.15) is 5.60 Å². The Bertz CT molecular complexity index is 751. The molecule has 1 aromatic carbocycles. The zero-order valence-corrected chi connectivity index (χ0v) is 17.3. The van der Waals surface area contributed by atoms with Gasteiger partial charge in [0.15, 0.2) is 11.5 Å². The van der Waals surface area contributed by atoms with E-state index in [1.807, 2.05) is 39.0 Å². The van der Waals surface area contributed by atoms with Gasteiger partial charge in [-0.1, -0.05) is 6.07 Å². The molecule has 1 saturated carbocycles. The first-order valence-electron chi connectivity index (χ1n) is 10.0. The van der Waals surface area contributed by atoms with Gasteiger partial charge in [0, 0.05) is 13.1 Å². The fourth-order valence-corrected chi connectivity index (χ4v) is 3.60. The van der Waals surface area contributed by atoms with Crippen LogP contribution >= 0.6 is 0 Å². The van der Waals surface area contributed by atoms with Gasteiger partial charge in [-0.15, -0.1) is 0 Å². The Morgan fingerprint density at radius 3 is 2.39 bits per heavy atom. The van der Waals surface area contributed by atoms with E-state index in [0.29, 0.717) is 37.4 Å². The quantitative estimate of drug-likeness (QED) is 0.766. The molecule has 0 atom stereocenters. The van der Waals surface area contributed by atoms with E-state index < -0.39 is 11.0 Å². The van der Waals surface area contributed by atoms with Crippen LogP contribution < -0.4 is 9.47 Å². The summed E-state index contributed by atoms with van der Waals surface area (Å²) in [5.41, 5.74) is -0.235. The maximum atomic E-state index is 12.3. The SMILES string of the molecule is COc1ccc(C2(C#N)CCN(C(=O)OC(C)(C)C)CC2)cc1OC1CCC1. The topological polar surface area (TPSA) is 71.8 Å². The van der Waals surface area contributed by atoms with Crippen molar-refractivity contribution in [3.05, 3.63) is 23.8 Å². The van der Waals surface area contributed by atoms with E-state index in [1.54, 1.807) is 12.0 Å². The monoisotopic (exact) mass is 386 g/mol. The van der Waals surface area contributed by atoms with Gasteiger partial charge in [-0.25, -0.2) is 4.79 Å². The molecule has 1 amide bonds. The van der Waals surface area contributed by atoms with Crippen molar-refractivity contribution >= 4 is 6.09 Å². The molecule has 3 rings (SSSR count). The van der Waals surface area contributed by atoms with Gasteiger partial charge in [0.05, 0.1) is 24.7 Å². The number of amides is 1. The summed E-state index contributed by atoms with van der Waals surface area (Å²) in [4.78, 5) is 14.0. The molecule has 1 aromatic rings. The van der Waals surface area contributed by atoms with Crippen molar-refractivity contribution in [1.29, 1.82) is 5.26 Å². The van der Waals surface area contributed by atoms with Gasteiger partial charge < -0.3 is 19.1 Å². The lowest BCUT2D eigenvalue weighted by Crippen LogP contribution is -2.46. The van der Waals surface area contributed by atoms with Crippen LogP contribution in [0.2, 0.25) is 0 Å². The number of ether oxygens (including phenoxy) is 3. The fourth-order valence-electron chi connectivity index (χ4n) is 3.60. The maximum Gasteiger partial charge on any atom is 0.410 e. The molecule has 152 valence electrons. The number of methoxy groups -OCH3 is 1. The number of nitriles is 1. The lowest BCUT2D eigenvalue weighted by Gasteiger charge is -2.38. The molecule has 0 spiro atoms. The Balaban J connectivity index is 1.75. The summed E-state index contributed by atoms with van der Waals surface area (Å²) in [6.45, 7) is 6.56. The van der Waals surface area contributed by atoms with Gasteiger partial charge in [-0.05, 0) is 70.6 Å². The fraction of sp³-hybridized carbons (Fsp3) is 0.636. The Morgan fingerprint density at radius 2 is 1.89 bits per heavy atom. The average Bonchev–Trinajstić information content (AvgIpc) is 2.63. The molecule has 28 heavy (non-hydrogen) atoms. The third-order valence-corrected chi connectivity index (χ3v) is 5.54. The largest absolute Gasteiger partial charge is 0.493 e. The first kappa shape index (κ1) is 20.3. The van der Waals surface area contributed by atoms with E-state index in [4.69, 9.17) is 14.2 Å². The Labute approximate surface area is 167 Å². The highest BCUT2D eigenvalue weighted by atomic mass is 16.6. The molecule has 6 nitrogen and oxygen atoms in total. The van der Waals surface area contributed by atoms with E-state index in [1.165, 1.54) is 6.42 Å². The molecule has 1 heterocycles. The Morgan fingerprint density at radius 1 is 1.21 bits per heavy atom. The van der Waals surface area contributed by atoms with Crippen molar-refractivity contribution in [2.45, 2.75) is 70.0 Å². The van der Waals surface area contributed by atoms with E-state index in [2.05, 4.69) is 6.07 Å². The minimum absolute atomic E-state index is 0.233. The third-order valence-electron chi connectivity index (χ3n) is 5.54. The number of rotatable bonds is 4. The number of nitrogens with zero attached hydrogens (tertiary/aromatic N) is 2. The first-order valence-corrected chi connectivity index (χ1v) is 10.0. The summed E-state index contributed by atoms with van der Waals surface area (Å²) >= 11 is 0. The van der Waals surface area contributed by atoms with Crippen molar-refractivity contribution in [2.75, 3.05) is 20.2 Å². The summed E-state index contributed by atoms with van der Waals surface area (Å²) in [6, 6.07) is 8.28. The smallest absolute Gasteiger partial charge is 0.410 e. The van der Waals surface area contributed by atoms with Crippen LogP contribution in [0.25, 0.3) is 0 Å². The van der Waals surface area contributed by atoms with Gasteiger partial charge >= 0.3 is 6.09 Å². The Hall–Kier alpha value is -2.42. The van der Waals surface area contributed by atoms with E-state index in [0.717, 1.165) is 18.4 Å². The van der Waals surface area contributed by atoms with Crippen molar-refractivity contribution < 1.29 is 19.0 Å². The molecule has 1 aliphatic heterocycles. The second-order valence-electron chi connectivity index (χ2n) is 8.70. The van der Waals surface area contributed by atoms with Crippen molar-refractivity contribution in [2.24, 2.45) is 0 Å². The summed E-state index contributed by atoms with van der Waals surface area (Å²) in [5, 5.41) is 10.0. The van der Waals surface area contributed by atoms with Crippen LogP contribution in [0.5, 0.6) is 11.5 Å². The van der Waals surface area contributed by atoms with Crippen LogP contribution in [0.1, 0.15) is 58.4 Å². The second-order valence-corrected chi connectivity index (χ2v) is 8.70. The average molecular weight is 386 g/mol. The third kappa shape index (κ3) is 4.35. The standard InChI is InChI=1S/C22H30N2O4/c1-21(2,3)28-20(25)24-12-10-22(15-23,11-13-24)16-8-9-18(26-4)19(14-16)27-17-6-5-7-17/h8-9,14,17H,5-7,10-13H2,1-4H3. The van der Waals surface area contributed by atoms with Gasteiger partial charge in [-0.2, -0.15) is 5.26 Å². The molecule has 2 aliphatic rings. The highest BCUT2D eigenvalue weighted by molar-refractivity contribution is 5.68. The normalized spacial score (nSPS) is 19.3. The minimum Gasteiger partial charge on any atom is -0.493 e. The van der Waals surface area contributed by atoms with Crippen molar-refractivity contribution in [1.82, 2.24) is 4.90 Å². The van der Waals surface area contributed by atoms with Gasteiger partial charge in [-0.3, -0.25) is 0 Å². The molecule has 0 radical (unpaired) electrons. The lowest BCUT2D eigenvalue weighted by atomic mass is 9.74. The number of carbonyl (C=O) groups excluding carboxylic acids is 1. The maximum absolute atomic E-state index is 12.3. The predicted octanol–water partition coefficient (Wildman–Crippen LogP) is 4.42. The molecule has 0 N–H and O–H groups in total. The first-order chi connectivity index (χ1) is 13.3. The molecule has 0 bridgehead atoms. The van der Waals surface area contributed by atoms with Crippen molar-refractivity contribution in [3.8, 4) is 17.6 Å². The second kappa shape index (κ2) is 7.90. The van der Waals surface area contributed by atoms with E-state index >= 15 is 0 Å². The van der Waals surface area contributed by atoms with Crippen LogP contribution in [0.15, 0.2) is 18.2 Å². The predicted molar refractivity (Wildman–Crippen MR) is 106 cm³/mol. The van der Waals surface area contributed by atoms with Crippen molar-refractivity contribution in [3.63, 3.8) is 0 Å². The zero-order valence-electron chi connectivity index (χ0n) is 17.3. The molecule has 0 aromatic heterocycles. The van der Waals surface area contributed by atoms with E-state index in [-0.39, 0.29) is 12.2 Å². The van der Waals surface area contributed by atoms with Gasteiger partial charge in [0.2, 0.25) is 0 Å². The molecular weight excluding hydrogens is 356 g/mol. The van der Waals surface area contributed by atoms with Crippen LogP contribution in [0, 0.1) is 11.3 Å². The summed E-state index contributed by atoms with van der Waals surface area (Å²) in [5.74, 6) is 1.39. The molecule has 1 saturated heterocycles. The summed E-state index contributed by atoms with van der Waals surface area (Å²) in [6.07, 6.45) is 4.35. The van der Waals surface area contributed by atoms with E-state index in [9.17, 15) is 10.1 Å².